The number of pyridine rings is 2. The summed E-state index contributed by atoms with van der Waals surface area (Å²) in [6.45, 7) is 0. The van der Waals surface area contributed by atoms with Gasteiger partial charge in [-0.3, -0.25) is 0 Å². The predicted octanol–water partition coefficient (Wildman–Crippen LogP) is 2.88. The molecule has 3 aromatic heterocycles. The molecule has 0 aliphatic heterocycles. The van der Waals surface area contributed by atoms with E-state index in [-0.39, 0.29) is 0 Å². The van der Waals surface area contributed by atoms with Crippen LogP contribution in [0, 0.1) is 11.9 Å². The van der Waals surface area contributed by atoms with Crippen molar-refractivity contribution in [1.29, 1.82) is 0 Å². The van der Waals surface area contributed by atoms with Gasteiger partial charge in [0.25, 0.3) is 0 Å². The van der Waals surface area contributed by atoms with Gasteiger partial charge in [-0.15, -0.1) is 0 Å². The van der Waals surface area contributed by atoms with Crippen molar-refractivity contribution in [2.75, 3.05) is 0 Å². The van der Waals surface area contributed by atoms with E-state index in [0.29, 0.717) is 22.5 Å². The van der Waals surface area contributed by atoms with Crippen LogP contribution in [-0.2, 0) is 0 Å². The summed E-state index contributed by atoms with van der Waals surface area (Å²) in [6, 6.07) is 7.49. The Morgan fingerprint density at radius 1 is 0.650 bits per heavy atom. The molecule has 0 spiro atoms. The number of halogens is 2. The van der Waals surface area contributed by atoms with Gasteiger partial charge >= 0.3 is 0 Å². The Morgan fingerprint density at radius 2 is 1.15 bits per heavy atom. The van der Waals surface area contributed by atoms with E-state index in [4.69, 9.17) is 0 Å². The summed E-state index contributed by atoms with van der Waals surface area (Å²) in [7, 11) is 0. The molecule has 0 radical (unpaired) electrons. The van der Waals surface area contributed by atoms with Crippen molar-refractivity contribution in [2.45, 2.75) is 0 Å². The third-order valence-electron chi connectivity index (χ3n) is 2.71. The minimum Gasteiger partial charge on any atom is -0.236 e. The van der Waals surface area contributed by atoms with Crippen molar-refractivity contribution >= 4 is 0 Å². The lowest BCUT2D eigenvalue weighted by atomic mass is 10.1. The Morgan fingerprint density at radius 3 is 1.60 bits per heavy atom. The van der Waals surface area contributed by atoms with E-state index in [1.54, 1.807) is 18.2 Å². The average Bonchev–Trinajstić information content (AvgIpc) is 2.47. The van der Waals surface area contributed by atoms with Crippen molar-refractivity contribution in [3.8, 4) is 22.5 Å². The molecule has 20 heavy (non-hydrogen) atoms. The standard InChI is InChI=1S/C14H8F2N4/c15-13-5-9(1-3-17-13)11-7-12(20-8-19-11)10-2-4-18-14(16)6-10/h1-8H. The highest BCUT2D eigenvalue weighted by Gasteiger charge is 2.06. The molecule has 0 amide bonds. The van der Waals surface area contributed by atoms with Crippen LogP contribution in [-0.4, -0.2) is 19.9 Å². The van der Waals surface area contributed by atoms with Gasteiger partial charge in [-0.2, -0.15) is 8.78 Å². The molecule has 98 valence electrons. The van der Waals surface area contributed by atoms with Crippen LogP contribution in [0.5, 0.6) is 0 Å². The van der Waals surface area contributed by atoms with Crippen molar-refractivity contribution < 1.29 is 8.78 Å². The average molecular weight is 270 g/mol. The molecule has 0 aromatic carbocycles. The van der Waals surface area contributed by atoms with Crippen LogP contribution in [0.3, 0.4) is 0 Å². The Balaban J connectivity index is 2.06. The number of hydrogen-bond donors (Lipinski definition) is 0. The summed E-state index contributed by atoms with van der Waals surface area (Å²) in [4.78, 5) is 15.1. The highest BCUT2D eigenvalue weighted by molar-refractivity contribution is 5.66. The summed E-state index contributed by atoms with van der Waals surface area (Å²) >= 11 is 0. The van der Waals surface area contributed by atoms with Crippen LogP contribution < -0.4 is 0 Å². The first kappa shape index (κ1) is 12.3. The van der Waals surface area contributed by atoms with E-state index >= 15 is 0 Å². The lowest BCUT2D eigenvalue weighted by molar-refractivity contribution is 0.584. The molecule has 4 nitrogen and oxygen atoms in total. The molecule has 0 fully saturated rings. The second kappa shape index (κ2) is 5.08. The van der Waals surface area contributed by atoms with E-state index in [2.05, 4.69) is 19.9 Å². The Hall–Kier alpha value is -2.76. The number of rotatable bonds is 2. The van der Waals surface area contributed by atoms with Crippen LogP contribution in [0.4, 0.5) is 8.78 Å². The number of aromatic nitrogens is 4. The molecule has 6 heteroatoms. The zero-order valence-corrected chi connectivity index (χ0v) is 10.2. The van der Waals surface area contributed by atoms with E-state index in [9.17, 15) is 8.78 Å². The lowest BCUT2D eigenvalue weighted by Gasteiger charge is -2.04. The molecule has 0 saturated carbocycles. The van der Waals surface area contributed by atoms with Gasteiger partial charge in [-0.05, 0) is 18.2 Å². The van der Waals surface area contributed by atoms with Crippen molar-refractivity contribution in [1.82, 2.24) is 19.9 Å². The molecule has 3 aromatic rings. The van der Waals surface area contributed by atoms with Crippen molar-refractivity contribution in [3.05, 3.63) is 60.9 Å². The molecule has 0 atom stereocenters. The molecule has 0 bridgehead atoms. The third kappa shape index (κ3) is 2.49. The summed E-state index contributed by atoms with van der Waals surface area (Å²) in [5, 5.41) is 0. The monoisotopic (exact) mass is 270 g/mol. The van der Waals surface area contributed by atoms with E-state index in [1.807, 2.05) is 0 Å². The molecule has 3 heterocycles. The number of nitrogens with zero attached hydrogens (tertiary/aromatic N) is 4. The van der Waals surface area contributed by atoms with Crippen LogP contribution in [0.15, 0.2) is 49.1 Å². The predicted molar refractivity (Wildman–Crippen MR) is 68.4 cm³/mol. The summed E-state index contributed by atoms with van der Waals surface area (Å²) in [6.07, 6.45) is 4.07. The molecule has 0 aliphatic carbocycles. The zero-order chi connectivity index (χ0) is 13.9. The topological polar surface area (TPSA) is 51.6 Å². The van der Waals surface area contributed by atoms with Crippen LogP contribution in [0.25, 0.3) is 22.5 Å². The number of hydrogen-bond acceptors (Lipinski definition) is 4. The highest BCUT2D eigenvalue weighted by atomic mass is 19.1. The van der Waals surface area contributed by atoms with Crippen LogP contribution in [0.1, 0.15) is 0 Å². The maximum absolute atomic E-state index is 13.1. The van der Waals surface area contributed by atoms with E-state index in [1.165, 1.54) is 30.9 Å². The van der Waals surface area contributed by atoms with Gasteiger partial charge in [-0.1, -0.05) is 0 Å². The zero-order valence-electron chi connectivity index (χ0n) is 10.2. The molecular formula is C14H8F2N4. The maximum Gasteiger partial charge on any atom is 0.213 e. The van der Waals surface area contributed by atoms with Gasteiger partial charge in [0.1, 0.15) is 6.33 Å². The van der Waals surface area contributed by atoms with Crippen LogP contribution >= 0.6 is 0 Å². The maximum atomic E-state index is 13.1. The fourth-order valence-corrected chi connectivity index (χ4v) is 1.80. The fourth-order valence-electron chi connectivity index (χ4n) is 1.80. The van der Waals surface area contributed by atoms with Gasteiger partial charge in [0.15, 0.2) is 0 Å². The second-order valence-corrected chi connectivity index (χ2v) is 4.02. The second-order valence-electron chi connectivity index (χ2n) is 4.02. The van der Waals surface area contributed by atoms with Crippen molar-refractivity contribution in [2.24, 2.45) is 0 Å². The minimum absolute atomic E-state index is 0.536. The Bertz CT molecular complexity index is 701. The third-order valence-corrected chi connectivity index (χ3v) is 2.71. The summed E-state index contributed by atoms with van der Waals surface area (Å²) < 4.78 is 26.2. The van der Waals surface area contributed by atoms with Gasteiger partial charge < -0.3 is 0 Å². The van der Waals surface area contributed by atoms with Gasteiger partial charge in [0, 0.05) is 35.7 Å². The van der Waals surface area contributed by atoms with E-state index in [0.717, 1.165) is 0 Å². The lowest BCUT2D eigenvalue weighted by Crippen LogP contribution is -1.92. The normalized spacial score (nSPS) is 10.5. The molecule has 3 rings (SSSR count). The SMILES string of the molecule is Fc1cc(-c2cc(-c3ccnc(F)c3)ncn2)ccn1. The van der Waals surface area contributed by atoms with E-state index < -0.39 is 11.9 Å². The molecule has 0 N–H and O–H groups in total. The quantitative estimate of drug-likeness (QED) is 0.672. The molecular weight excluding hydrogens is 262 g/mol. The first-order valence-corrected chi connectivity index (χ1v) is 5.78. The largest absolute Gasteiger partial charge is 0.236 e. The van der Waals surface area contributed by atoms with Gasteiger partial charge in [0.05, 0.1) is 11.4 Å². The fraction of sp³-hybridized carbons (Fsp3) is 0. The van der Waals surface area contributed by atoms with Gasteiger partial charge in [-0.25, -0.2) is 19.9 Å². The first-order chi connectivity index (χ1) is 9.72. The smallest absolute Gasteiger partial charge is 0.213 e. The van der Waals surface area contributed by atoms with Crippen molar-refractivity contribution in [3.63, 3.8) is 0 Å². The Kier molecular flexibility index (Phi) is 3.12. The molecule has 0 unspecified atom stereocenters. The molecule has 0 saturated heterocycles. The van der Waals surface area contributed by atoms with Crippen LogP contribution in [0.2, 0.25) is 0 Å². The minimum atomic E-state index is -0.586. The Labute approximate surface area is 113 Å². The summed E-state index contributed by atoms with van der Waals surface area (Å²) in [5.41, 5.74) is 2.23. The highest BCUT2D eigenvalue weighted by Crippen LogP contribution is 2.22. The molecule has 0 aliphatic rings. The summed E-state index contributed by atoms with van der Waals surface area (Å²) in [5.74, 6) is -1.17. The first-order valence-electron chi connectivity index (χ1n) is 5.78. The van der Waals surface area contributed by atoms with Gasteiger partial charge in [0.2, 0.25) is 11.9 Å².